The zero-order chi connectivity index (χ0) is 27.0. The average Bonchev–Trinajstić information content (AvgIpc) is 3.33. The Morgan fingerprint density at radius 1 is 1.03 bits per heavy atom. The lowest BCUT2D eigenvalue weighted by molar-refractivity contribution is -0.139. The number of carboxylic acid groups (broad SMARTS) is 1. The molecule has 0 aliphatic heterocycles. The van der Waals surface area contributed by atoms with Crippen LogP contribution in [0.3, 0.4) is 0 Å². The van der Waals surface area contributed by atoms with Crippen LogP contribution < -0.4 is 10.0 Å². The summed E-state index contributed by atoms with van der Waals surface area (Å²) in [5.41, 5.74) is 0.841. The highest BCUT2D eigenvalue weighted by Crippen LogP contribution is 2.22. The monoisotopic (exact) mass is 582 g/mol. The number of phenols is 1. The van der Waals surface area contributed by atoms with E-state index in [9.17, 15) is 33.0 Å². The smallest absolute Gasteiger partial charge is 0.305 e. The van der Waals surface area contributed by atoms with Gasteiger partial charge in [0.1, 0.15) is 5.75 Å². The van der Waals surface area contributed by atoms with E-state index >= 15 is 0 Å². The van der Waals surface area contributed by atoms with Gasteiger partial charge in [-0.2, -0.15) is 0 Å². The molecule has 0 spiro atoms. The van der Waals surface area contributed by atoms with Crippen LogP contribution in [-0.2, 0) is 31.9 Å². The first-order valence-electron chi connectivity index (χ1n) is 10.8. The first kappa shape index (κ1) is 28.7. The van der Waals surface area contributed by atoms with Crippen molar-refractivity contribution in [1.82, 2.24) is 10.0 Å². The van der Waals surface area contributed by atoms with Crippen molar-refractivity contribution in [2.24, 2.45) is 0 Å². The van der Waals surface area contributed by atoms with E-state index in [0.717, 1.165) is 16.9 Å². The summed E-state index contributed by atoms with van der Waals surface area (Å²) >= 11 is 8.39. The van der Waals surface area contributed by atoms with Gasteiger partial charge in [0, 0.05) is 22.2 Å². The molecule has 1 heterocycles. The summed E-state index contributed by atoms with van der Waals surface area (Å²) in [6, 6.07) is 14.0. The number of Topliss-reactive ketones (excluding diaryl/α,β-unsaturated/α-hetero) is 1. The molecule has 2 aromatic carbocycles. The number of carbonyl (C=O) groups is 3. The van der Waals surface area contributed by atoms with Gasteiger partial charge in [0.25, 0.3) is 5.91 Å². The molecule has 37 heavy (non-hydrogen) atoms. The van der Waals surface area contributed by atoms with Crippen molar-refractivity contribution in [3.63, 3.8) is 0 Å². The van der Waals surface area contributed by atoms with Crippen molar-refractivity contribution < 1.29 is 33.0 Å². The number of benzene rings is 2. The minimum Gasteiger partial charge on any atom is -0.508 e. The van der Waals surface area contributed by atoms with Crippen molar-refractivity contribution in [3.8, 4) is 5.75 Å². The Kier molecular flexibility index (Phi) is 10.1. The number of nitrogens with one attached hydrogen (secondary N) is 2. The van der Waals surface area contributed by atoms with Crippen molar-refractivity contribution >= 4 is 62.4 Å². The lowest BCUT2D eigenvalue weighted by Crippen LogP contribution is -2.43. The third-order valence-electron chi connectivity index (χ3n) is 5.00. The zero-order valence-corrected chi connectivity index (χ0v) is 22.4. The molecule has 4 N–H and O–H groups in total. The van der Waals surface area contributed by atoms with Crippen LogP contribution in [-0.4, -0.2) is 48.1 Å². The summed E-state index contributed by atoms with van der Waals surface area (Å²) in [7, 11) is -3.84. The molecule has 0 fully saturated rings. The fraction of sp³-hybridized carbons (Fsp3) is 0.208. The van der Waals surface area contributed by atoms with Crippen LogP contribution in [0.5, 0.6) is 5.75 Å². The van der Waals surface area contributed by atoms with E-state index in [1.807, 2.05) is 12.1 Å². The van der Waals surface area contributed by atoms with E-state index in [0.29, 0.717) is 15.7 Å². The molecule has 0 unspecified atom stereocenters. The topological polar surface area (TPSA) is 150 Å². The molecular formula is C24H23ClN2O7S3. The quantitative estimate of drug-likeness (QED) is 0.238. The number of aliphatic carboxylic acids is 1. The number of thioether (sulfide) groups is 1. The first-order chi connectivity index (χ1) is 17.5. The van der Waals surface area contributed by atoms with Gasteiger partial charge < -0.3 is 15.5 Å². The van der Waals surface area contributed by atoms with Crippen LogP contribution in [0.1, 0.15) is 26.5 Å². The highest BCUT2D eigenvalue weighted by molar-refractivity contribution is 7.99. The van der Waals surface area contributed by atoms with Crippen LogP contribution in [0.25, 0.3) is 0 Å². The number of thiophene rings is 1. The van der Waals surface area contributed by atoms with Crippen LogP contribution in [0.4, 0.5) is 0 Å². The molecule has 3 rings (SSSR count). The Labute approximate surface area is 226 Å². The van der Waals surface area contributed by atoms with Crippen LogP contribution in [0.2, 0.25) is 5.02 Å². The van der Waals surface area contributed by atoms with E-state index in [1.54, 1.807) is 18.2 Å². The molecule has 9 nitrogen and oxygen atoms in total. The van der Waals surface area contributed by atoms with Crippen LogP contribution >= 0.6 is 34.7 Å². The number of carboxylic acids is 1. The predicted octanol–water partition coefficient (Wildman–Crippen LogP) is 3.66. The molecule has 0 saturated heterocycles. The first-order valence-corrected chi connectivity index (χ1v) is 14.6. The second-order valence-corrected chi connectivity index (χ2v) is 12.1. The molecular weight excluding hydrogens is 560 g/mol. The van der Waals surface area contributed by atoms with Crippen molar-refractivity contribution in [2.45, 2.75) is 29.7 Å². The number of phenolic OH excluding ortho intramolecular Hbond substituents is 1. The second kappa shape index (κ2) is 13.1. The summed E-state index contributed by atoms with van der Waals surface area (Å²) in [5.74, 6) is -1.93. The molecule has 0 aliphatic rings. The van der Waals surface area contributed by atoms with E-state index in [4.69, 9.17) is 11.6 Å². The van der Waals surface area contributed by atoms with Gasteiger partial charge in [-0.15, -0.1) is 23.1 Å². The Balaban J connectivity index is 1.57. The molecule has 1 amide bonds. The summed E-state index contributed by atoms with van der Waals surface area (Å²) in [6.45, 7) is -0.0860. The molecule has 196 valence electrons. The molecule has 0 bridgehead atoms. The molecule has 1 aromatic heterocycles. The van der Waals surface area contributed by atoms with Gasteiger partial charge in [-0.1, -0.05) is 29.8 Å². The zero-order valence-electron chi connectivity index (χ0n) is 19.2. The Morgan fingerprint density at radius 2 is 1.73 bits per heavy atom. The predicted molar refractivity (Wildman–Crippen MR) is 143 cm³/mol. The normalized spacial score (nSPS) is 12.1. The maximum atomic E-state index is 12.7. The number of carbonyl (C=O) groups excluding carboxylic acids is 2. The fourth-order valence-electron chi connectivity index (χ4n) is 3.10. The highest BCUT2D eigenvalue weighted by Gasteiger charge is 2.25. The Morgan fingerprint density at radius 3 is 2.41 bits per heavy atom. The summed E-state index contributed by atoms with van der Waals surface area (Å²) in [5, 5.41) is 21.6. The summed E-state index contributed by atoms with van der Waals surface area (Å²) in [6.07, 6.45) is -0.568. The third-order valence-corrected chi connectivity index (χ3v) is 8.87. The number of hydrogen-bond donors (Lipinski definition) is 4. The molecule has 13 heteroatoms. The van der Waals surface area contributed by atoms with E-state index < -0.39 is 40.1 Å². The summed E-state index contributed by atoms with van der Waals surface area (Å²) in [4.78, 5) is 37.4. The molecule has 1 atom stereocenters. The fourth-order valence-corrected chi connectivity index (χ4v) is 6.30. The lowest BCUT2D eigenvalue weighted by Gasteiger charge is -2.15. The largest absolute Gasteiger partial charge is 0.508 e. The van der Waals surface area contributed by atoms with Crippen molar-refractivity contribution in [2.75, 3.05) is 5.75 Å². The standard InChI is InChI=1S/C24H23ClN2O7S3/c25-19-4-2-1-3-15(19)13-35-14-21(29)20(11-23(30)31)27-24(32)22-10-7-17(36-22)12-26-37(33,34)18-8-5-16(28)6-9-18/h1-10,20,26,28H,11-14H2,(H,27,32)(H,30,31)/t20-/m0/s1. The number of rotatable bonds is 13. The van der Waals surface area contributed by atoms with Gasteiger partial charge in [0.2, 0.25) is 10.0 Å². The lowest BCUT2D eigenvalue weighted by atomic mass is 10.1. The van der Waals surface area contributed by atoms with E-state index in [1.165, 1.54) is 42.1 Å². The molecule has 3 aromatic rings. The molecule has 0 saturated carbocycles. The van der Waals surface area contributed by atoms with Crippen molar-refractivity contribution in [3.05, 3.63) is 81.0 Å². The van der Waals surface area contributed by atoms with Gasteiger partial charge in [0.15, 0.2) is 5.78 Å². The van der Waals surface area contributed by atoms with Gasteiger partial charge in [-0.05, 0) is 48.0 Å². The third kappa shape index (κ3) is 8.58. The number of aromatic hydroxyl groups is 1. The Hall–Kier alpha value is -2.90. The number of hydrogen-bond acceptors (Lipinski definition) is 8. The molecule has 0 radical (unpaired) electrons. The average molecular weight is 583 g/mol. The Bertz CT molecular complexity index is 1370. The number of amides is 1. The maximum Gasteiger partial charge on any atom is 0.305 e. The van der Waals surface area contributed by atoms with Crippen molar-refractivity contribution in [1.29, 1.82) is 0 Å². The SMILES string of the molecule is O=C(O)C[C@H](NC(=O)c1ccc(CNS(=O)(=O)c2ccc(O)cc2)s1)C(=O)CSCc1ccccc1Cl. The number of halogens is 1. The van der Waals surface area contributed by atoms with Gasteiger partial charge in [0.05, 0.1) is 28.0 Å². The van der Waals surface area contributed by atoms with Crippen LogP contribution in [0, 0.1) is 0 Å². The minimum atomic E-state index is -3.84. The highest BCUT2D eigenvalue weighted by atomic mass is 35.5. The van der Waals surface area contributed by atoms with Gasteiger partial charge in [-0.25, -0.2) is 13.1 Å². The second-order valence-electron chi connectivity index (χ2n) is 7.76. The van der Waals surface area contributed by atoms with Gasteiger partial charge >= 0.3 is 5.97 Å². The number of sulfonamides is 1. The van der Waals surface area contributed by atoms with E-state index in [2.05, 4.69) is 10.0 Å². The summed E-state index contributed by atoms with van der Waals surface area (Å²) < 4.78 is 27.2. The number of ketones is 1. The van der Waals surface area contributed by atoms with E-state index in [-0.39, 0.29) is 27.8 Å². The maximum absolute atomic E-state index is 12.7. The minimum absolute atomic E-state index is 0.0157. The van der Waals surface area contributed by atoms with Gasteiger partial charge in [-0.3, -0.25) is 14.4 Å². The van der Waals surface area contributed by atoms with Crippen LogP contribution in [0.15, 0.2) is 65.6 Å². The molecule has 0 aliphatic carbocycles.